The molecule has 94 valence electrons. The van der Waals surface area contributed by atoms with E-state index in [0.29, 0.717) is 10.9 Å². The van der Waals surface area contributed by atoms with E-state index in [0.717, 1.165) is 30.8 Å². The number of hydrogen-bond donors (Lipinski definition) is 2. The van der Waals surface area contributed by atoms with E-state index in [1.165, 1.54) is 0 Å². The van der Waals surface area contributed by atoms with Gasteiger partial charge in [-0.2, -0.15) is 0 Å². The van der Waals surface area contributed by atoms with E-state index in [1.807, 2.05) is 12.1 Å². The maximum Gasteiger partial charge on any atom is 0.0589 e. The zero-order valence-corrected chi connectivity index (χ0v) is 10.8. The Morgan fingerprint density at radius 3 is 2.94 bits per heavy atom. The number of benzene rings is 1. The van der Waals surface area contributed by atoms with E-state index < -0.39 is 0 Å². The Bertz CT molecular complexity index is 397. The number of nitrogens with zero attached hydrogens (tertiary/aromatic N) is 1. The smallest absolute Gasteiger partial charge is 0.0589 e. The van der Waals surface area contributed by atoms with Crippen molar-refractivity contribution in [3.63, 3.8) is 0 Å². The summed E-state index contributed by atoms with van der Waals surface area (Å²) >= 11 is 5.88. The van der Waals surface area contributed by atoms with Gasteiger partial charge in [-0.3, -0.25) is 4.90 Å². The lowest BCUT2D eigenvalue weighted by Crippen LogP contribution is -2.34. The van der Waals surface area contributed by atoms with Crippen LogP contribution in [0.1, 0.15) is 18.9 Å². The molecule has 0 spiro atoms. The molecule has 2 unspecified atom stereocenters. The van der Waals surface area contributed by atoms with E-state index in [2.05, 4.69) is 11.8 Å². The number of anilines is 1. The molecule has 3 N–H and O–H groups in total. The van der Waals surface area contributed by atoms with E-state index in [9.17, 15) is 5.11 Å². The van der Waals surface area contributed by atoms with E-state index in [1.54, 1.807) is 6.07 Å². The Hall–Kier alpha value is -0.770. The van der Waals surface area contributed by atoms with Crippen LogP contribution in [-0.2, 0) is 6.54 Å². The second-order valence-corrected chi connectivity index (χ2v) is 5.27. The van der Waals surface area contributed by atoms with Crippen LogP contribution in [0.5, 0.6) is 0 Å². The van der Waals surface area contributed by atoms with Gasteiger partial charge in [-0.25, -0.2) is 0 Å². The highest BCUT2D eigenvalue weighted by molar-refractivity contribution is 6.30. The zero-order valence-electron chi connectivity index (χ0n) is 10.1. The minimum absolute atomic E-state index is 0.217. The summed E-state index contributed by atoms with van der Waals surface area (Å²) in [6.45, 7) is 4.22. The van der Waals surface area contributed by atoms with Gasteiger partial charge in [0.25, 0.3) is 0 Å². The summed E-state index contributed by atoms with van der Waals surface area (Å²) in [5.74, 6) is 0.550. The molecule has 1 aliphatic heterocycles. The molecule has 1 fully saturated rings. The first-order chi connectivity index (χ1) is 8.11. The van der Waals surface area contributed by atoms with Gasteiger partial charge in [0.2, 0.25) is 0 Å². The quantitative estimate of drug-likeness (QED) is 0.813. The molecule has 0 aliphatic carbocycles. The third kappa shape index (κ3) is 2.73. The number of halogens is 1. The first kappa shape index (κ1) is 12.7. The first-order valence-corrected chi connectivity index (χ1v) is 6.38. The van der Waals surface area contributed by atoms with E-state index >= 15 is 0 Å². The Labute approximate surface area is 107 Å². The predicted molar refractivity (Wildman–Crippen MR) is 70.9 cm³/mol. The summed E-state index contributed by atoms with van der Waals surface area (Å²) in [5, 5.41) is 10.1. The molecule has 0 aromatic heterocycles. The lowest BCUT2D eigenvalue weighted by Gasteiger charge is -2.25. The molecule has 1 aromatic rings. The number of rotatable bonds is 3. The van der Waals surface area contributed by atoms with Crippen molar-refractivity contribution in [2.75, 3.05) is 18.9 Å². The number of aliphatic hydroxyl groups excluding tert-OH is 1. The Morgan fingerprint density at radius 1 is 1.53 bits per heavy atom. The second kappa shape index (κ2) is 5.25. The molecule has 0 bridgehead atoms. The lowest BCUT2D eigenvalue weighted by atomic mass is 10.0. The molecular formula is C13H19ClN2O. The van der Waals surface area contributed by atoms with Crippen LogP contribution in [0.2, 0.25) is 5.02 Å². The van der Waals surface area contributed by atoms with Crippen molar-refractivity contribution < 1.29 is 5.11 Å². The summed E-state index contributed by atoms with van der Waals surface area (Å²) in [7, 11) is 0. The summed E-state index contributed by atoms with van der Waals surface area (Å²) < 4.78 is 0. The van der Waals surface area contributed by atoms with Crippen LogP contribution in [0, 0.1) is 5.92 Å². The van der Waals surface area contributed by atoms with Gasteiger partial charge in [0.05, 0.1) is 6.61 Å². The standard InChI is InChI=1S/C13H19ClN2O/c1-9-4-5-16(13(9)8-17)7-10-2-3-11(14)6-12(10)15/h2-3,6,9,13,17H,4-5,7-8,15H2,1H3. The molecule has 0 radical (unpaired) electrons. The highest BCUT2D eigenvalue weighted by Crippen LogP contribution is 2.27. The summed E-state index contributed by atoms with van der Waals surface area (Å²) in [6.07, 6.45) is 1.14. The number of nitrogen functional groups attached to an aromatic ring is 1. The average Bonchev–Trinajstić information content (AvgIpc) is 2.63. The molecule has 0 amide bonds. The number of aliphatic hydroxyl groups is 1. The number of hydrogen-bond acceptors (Lipinski definition) is 3. The van der Waals surface area contributed by atoms with Crippen molar-refractivity contribution in [3.05, 3.63) is 28.8 Å². The van der Waals surface area contributed by atoms with Crippen molar-refractivity contribution in [1.82, 2.24) is 4.90 Å². The van der Waals surface area contributed by atoms with Crippen molar-refractivity contribution in [2.45, 2.75) is 25.9 Å². The molecule has 1 heterocycles. The van der Waals surface area contributed by atoms with Crippen LogP contribution in [0.3, 0.4) is 0 Å². The Morgan fingerprint density at radius 2 is 2.29 bits per heavy atom. The zero-order chi connectivity index (χ0) is 12.4. The monoisotopic (exact) mass is 254 g/mol. The van der Waals surface area contributed by atoms with Gasteiger partial charge >= 0.3 is 0 Å². The number of nitrogens with two attached hydrogens (primary N) is 1. The van der Waals surface area contributed by atoms with Crippen molar-refractivity contribution in [2.24, 2.45) is 5.92 Å². The highest BCUT2D eigenvalue weighted by atomic mass is 35.5. The van der Waals surface area contributed by atoms with E-state index in [-0.39, 0.29) is 12.6 Å². The molecule has 17 heavy (non-hydrogen) atoms. The SMILES string of the molecule is CC1CCN(Cc2ccc(Cl)cc2N)C1CO. The van der Waals surface area contributed by atoms with Crippen molar-refractivity contribution in [3.8, 4) is 0 Å². The molecule has 4 heteroatoms. The predicted octanol–water partition coefficient (Wildman–Crippen LogP) is 2.12. The fourth-order valence-corrected chi connectivity index (χ4v) is 2.69. The van der Waals surface area contributed by atoms with Gasteiger partial charge < -0.3 is 10.8 Å². The molecule has 2 rings (SSSR count). The Kier molecular flexibility index (Phi) is 3.92. The fourth-order valence-electron chi connectivity index (χ4n) is 2.51. The van der Waals surface area contributed by atoms with Crippen LogP contribution in [-0.4, -0.2) is 29.2 Å². The molecule has 2 atom stereocenters. The lowest BCUT2D eigenvalue weighted by molar-refractivity contribution is 0.134. The van der Waals surface area contributed by atoms with Crippen LogP contribution < -0.4 is 5.73 Å². The third-order valence-corrected chi connectivity index (χ3v) is 3.90. The van der Waals surface area contributed by atoms with Crippen LogP contribution in [0.4, 0.5) is 5.69 Å². The van der Waals surface area contributed by atoms with E-state index in [4.69, 9.17) is 17.3 Å². The van der Waals surface area contributed by atoms with Gasteiger partial charge in [-0.15, -0.1) is 0 Å². The molecule has 3 nitrogen and oxygen atoms in total. The Balaban J connectivity index is 2.10. The molecule has 1 saturated heterocycles. The third-order valence-electron chi connectivity index (χ3n) is 3.67. The molecule has 1 aromatic carbocycles. The highest BCUT2D eigenvalue weighted by Gasteiger charge is 2.30. The van der Waals surface area contributed by atoms with Gasteiger partial charge in [-0.1, -0.05) is 24.6 Å². The molecule has 0 saturated carbocycles. The summed E-state index contributed by atoms with van der Waals surface area (Å²) in [6, 6.07) is 5.87. The molecule has 1 aliphatic rings. The van der Waals surface area contributed by atoms with Crippen molar-refractivity contribution >= 4 is 17.3 Å². The van der Waals surface area contributed by atoms with Gasteiger partial charge in [-0.05, 0) is 36.6 Å². The minimum atomic E-state index is 0.217. The van der Waals surface area contributed by atoms with Crippen LogP contribution in [0.25, 0.3) is 0 Å². The largest absolute Gasteiger partial charge is 0.398 e. The maximum atomic E-state index is 9.40. The average molecular weight is 255 g/mol. The van der Waals surface area contributed by atoms with Crippen LogP contribution >= 0.6 is 11.6 Å². The van der Waals surface area contributed by atoms with Crippen LogP contribution in [0.15, 0.2) is 18.2 Å². The van der Waals surface area contributed by atoms with Crippen molar-refractivity contribution in [1.29, 1.82) is 0 Å². The number of likely N-dealkylation sites (tertiary alicyclic amines) is 1. The minimum Gasteiger partial charge on any atom is -0.398 e. The van der Waals surface area contributed by atoms with Gasteiger partial charge in [0, 0.05) is 23.3 Å². The summed E-state index contributed by atoms with van der Waals surface area (Å²) in [4.78, 5) is 2.30. The first-order valence-electron chi connectivity index (χ1n) is 6.00. The van der Waals surface area contributed by atoms with Gasteiger partial charge in [0.1, 0.15) is 0 Å². The topological polar surface area (TPSA) is 49.5 Å². The summed E-state index contributed by atoms with van der Waals surface area (Å²) in [5.41, 5.74) is 7.76. The molecular weight excluding hydrogens is 236 g/mol. The normalized spacial score (nSPS) is 25.4. The fraction of sp³-hybridized carbons (Fsp3) is 0.538. The second-order valence-electron chi connectivity index (χ2n) is 4.83. The maximum absolute atomic E-state index is 9.40. The van der Waals surface area contributed by atoms with Gasteiger partial charge in [0.15, 0.2) is 0 Å².